The monoisotopic (exact) mass is 424 g/mol. The number of thiazole rings is 1. The molecular weight excluding hydrogens is 400 g/mol. The van der Waals surface area contributed by atoms with Crippen LogP contribution < -0.4 is 9.64 Å². The molecule has 0 bridgehead atoms. The van der Waals surface area contributed by atoms with Crippen molar-refractivity contribution in [2.24, 2.45) is 0 Å². The zero-order chi connectivity index (χ0) is 21.1. The van der Waals surface area contributed by atoms with Gasteiger partial charge in [-0.2, -0.15) is 0 Å². The molecule has 30 heavy (non-hydrogen) atoms. The lowest BCUT2D eigenvalue weighted by Crippen LogP contribution is -2.38. The maximum atomic E-state index is 13.3. The Morgan fingerprint density at radius 3 is 2.77 bits per heavy atom. The molecule has 2 aromatic heterocycles. The molecule has 4 aromatic rings. The van der Waals surface area contributed by atoms with E-state index < -0.39 is 0 Å². The topological polar surface area (TPSA) is 76.4 Å². The van der Waals surface area contributed by atoms with Crippen LogP contribution in [0.15, 0.2) is 42.5 Å². The average molecular weight is 425 g/mol. The minimum Gasteiger partial charge on any atom is -0.492 e. The van der Waals surface area contributed by atoms with E-state index in [1.165, 1.54) is 11.3 Å². The van der Waals surface area contributed by atoms with Crippen LogP contribution >= 0.6 is 11.3 Å². The Labute approximate surface area is 178 Å². The fraction of sp³-hybridized carbons (Fsp3) is 0.333. The van der Waals surface area contributed by atoms with Crippen LogP contribution in [-0.2, 0) is 11.3 Å². The number of likely N-dealkylation sites (N-methyl/N-ethyl adjacent to an activating group) is 1. The third-order valence-corrected chi connectivity index (χ3v) is 5.72. The highest BCUT2D eigenvalue weighted by Gasteiger charge is 2.22. The molecule has 0 saturated heterocycles. The van der Waals surface area contributed by atoms with Crippen LogP contribution in [0.2, 0.25) is 0 Å². The summed E-state index contributed by atoms with van der Waals surface area (Å²) in [6.07, 6.45) is 0. The Kier molecular flexibility index (Phi) is 5.91. The fourth-order valence-electron chi connectivity index (χ4n) is 3.17. The first kappa shape index (κ1) is 20.2. The lowest BCUT2D eigenvalue weighted by Gasteiger charge is -2.22. The Morgan fingerprint density at radius 1 is 1.13 bits per heavy atom. The molecule has 2 heterocycles. The van der Waals surface area contributed by atoms with E-state index in [1.54, 1.807) is 9.58 Å². The molecule has 8 nitrogen and oxygen atoms in total. The number of anilines is 1. The summed E-state index contributed by atoms with van der Waals surface area (Å²) in [6, 6.07) is 13.5. The van der Waals surface area contributed by atoms with Crippen molar-refractivity contribution in [3.05, 3.63) is 42.5 Å². The van der Waals surface area contributed by atoms with E-state index in [0.29, 0.717) is 18.3 Å². The summed E-state index contributed by atoms with van der Waals surface area (Å²) in [5.41, 5.74) is 2.39. The van der Waals surface area contributed by atoms with Crippen LogP contribution in [0.4, 0.5) is 5.13 Å². The molecule has 0 fully saturated rings. The summed E-state index contributed by atoms with van der Waals surface area (Å²) in [4.78, 5) is 21.8. The van der Waals surface area contributed by atoms with Crippen LogP contribution in [-0.4, -0.2) is 64.6 Å². The fourth-order valence-corrected chi connectivity index (χ4v) is 4.20. The number of rotatable bonds is 8. The molecule has 1 amide bonds. The third kappa shape index (κ3) is 4.12. The third-order valence-electron chi connectivity index (χ3n) is 4.68. The first-order valence-corrected chi connectivity index (χ1v) is 10.6. The molecule has 0 aliphatic heterocycles. The van der Waals surface area contributed by atoms with Gasteiger partial charge in [0.15, 0.2) is 5.13 Å². The van der Waals surface area contributed by atoms with Crippen molar-refractivity contribution in [1.29, 1.82) is 0 Å². The number of aromatic nitrogens is 4. The van der Waals surface area contributed by atoms with Gasteiger partial charge in [0, 0.05) is 13.1 Å². The van der Waals surface area contributed by atoms with Crippen LogP contribution in [0.3, 0.4) is 0 Å². The molecule has 0 aliphatic rings. The molecule has 0 spiro atoms. The lowest BCUT2D eigenvalue weighted by atomic mass is 10.3. The van der Waals surface area contributed by atoms with Crippen molar-refractivity contribution in [3.63, 3.8) is 0 Å². The van der Waals surface area contributed by atoms with Crippen LogP contribution in [0.5, 0.6) is 5.75 Å². The van der Waals surface area contributed by atoms with Gasteiger partial charge in [-0.3, -0.25) is 9.69 Å². The standard InChI is InChI=1S/C21H24N6O2S/c1-4-29-17-10-7-11-18-20(17)22-21(30-18)26(13-12-25(2)3)19(28)14-27-16-9-6-5-8-15(16)23-24-27/h5-11H,4,12-14H2,1-3H3. The molecule has 0 atom stereocenters. The Balaban J connectivity index is 1.66. The average Bonchev–Trinajstić information content (AvgIpc) is 3.33. The molecule has 0 saturated carbocycles. The van der Waals surface area contributed by atoms with Gasteiger partial charge in [-0.05, 0) is 45.3 Å². The van der Waals surface area contributed by atoms with Crippen molar-refractivity contribution in [3.8, 4) is 5.75 Å². The molecular formula is C21H24N6O2S. The smallest absolute Gasteiger partial charge is 0.250 e. The van der Waals surface area contributed by atoms with Gasteiger partial charge in [0.1, 0.15) is 23.3 Å². The van der Waals surface area contributed by atoms with E-state index in [9.17, 15) is 4.79 Å². The summed E-state index contributed by atoms with van der Waals surface area (Å²) in [5.74, 6) is 0.657. The van der Waals surface area contributed by atoms with Crippen LogP contribution in [0.1, 0.15) is 6.92 Å². The largest absolute Gasteiger partial charge is 0.492 e. The van der Waals surface area contributed by atoms with Crippen LogP contribution in [0, 0.1) is 0 Å². The number of amides is 1. The lowest BCUT2D eigenvalue weighted by molar-refractivity contribution is -0.119. The highest BCUT2D eigenvalue weighted by atomic mass is 32.1. The van der Waals surface area contributed by atoms with Crippen LogP contribution in [0.25, 0.3) is 21.3 Å². The number of ether oxygens (including phenoxy) is 1. The first-order chi connectivity index (χ1) is 14.6. The summed E-state index contributed by atoms with van der Waals surface area (Å²) in [7, 11) is 3.97. The normalized spacial score (nSPS) is 11.5. The highest BCUT2D eigenvalue weighted by Crippen LogP contribution is 2.34. The maximum absolute atomic E-state index is 13.3. The van der Waals surface area contributed by atoms with Crippen molar-refractivity contribution in [1.82, 2.24) is 24.9 Å². The van der Waals surface area contributed by atoms with E-state index in [2.05, 4.69) is 10.3 Å². The summed E-state index contributed by atoms with van der Waals surface area (Å²) in [6.45, 7) is 3.86. The second kappa shape index (κ2) is 8.76. The highest BCUT2D eigenvalue weighted by molar-refractivity contribution is 7.22. The summed E-state index contributed by atoms with van der Waals surface area (Å²) in [5, 5.41) is 8.97. The van der Waals surface area contributed by atoms with E-state index in [1.807, 2.05) is 68.4 Å². The Bertz CT molecular complexity index is 1170. The molecule has 0 radical (unpaired) electrons. The Hall–Kier alpha value is -3.04. The predicted octanol–water partition coefficient (Wildman–Crippen LogP) is 3.03. The van der Waals surface area contributed by atoms with Gasteiger partial charge in [-0.15, -0.1) is 5.10 Å². The van der Waals surface area contributed by atoms with E-state index in [4.69, 9.17) is 9.72 Å². The maximum Gasteiger partial charge on any atom is 0.250 e. The minimum absolute atomic E-state index is 0.0791. The van der Waals surface area contributed by atoms with Crippen molar-refractivity contribution in [2.75, 3.05) is 38.7 Å². The van der Waals surface area contributed by atoms with E-state index in [0.717, 1.165) is 33.5 Å². The number of fused-ring (bicyclic) bond motifs is 2. The predicted molar refractivity (Wildman–Crippen MR) is 119 cm³/mol. The molecule has 0 unspecified atom stereocenters. The molecule has 156 valence electrons. The SMILES string of the molecule is CCOc1cccc2sc(N(CCN(C)C)C(=O)Cn3nnc4ccccc43)nc12. The summed E-state index contributed by atoms with van der Waals surface area (Å²) < 4.78 is 8.34. The molecule has 0 N–H and O–H groups in total. The second-order valence-electron chi connectivity index (χ2n) is 7.12. The number of benzene rings is 2. The van der Waals surface area contributed by atoms with Crippen molar-refractivity contribution >= 4 is 43.6 Å². The van der Waals surface area contributed by atoms with Gasteiger partial charge in [-0.25, -0.2) is 9.67 Å². The molecule has 9 heteroatoms. The Morgan fingerprint density at radius 2 is 1.97 bits per heavy atom. The number of carbonyl (C=O) groups excluding carboxylic acids is 1. The van der Waals surface area contributed by atoms with Crippen molar-refractivity contribution < 1.29 is 9.53 Å². The number of hydrogen-bond acceptors (Lipinski definition) is 7. The van der Waals surface area contributed by atoms with Gasteiger partial charge in [0.25, 0.3) is 5.91 Å². The van der Waals surface area contributed by atoms with Gasteiger partial charge < -0.3 is 9.64 Å². The van der Waals surface area contributed by atoms with Gasteiger partial charge in [0.2, 0.25) is 0 Å². The second-order valence-corrected chi connectivity index (χ2v) is 8.13. The summed E-state index contributed by atoms with van der Waals surface area (Å²) >= 11 is 1.49. The van der Waals surface area contributed by atoms with Gasteiger partial charge in [0.05, 0.1) is 16.8 Å². The van der Waals surface area contributed by atoms with E-state index >= 15 is 0 Å². The quantitative estimate of drug-likeness (QED) is 0.433. The van der Waals surface area contributed by atoms with E-state index in [-0.39, 0.29) is 12.5 Å². The zero-order valence-electron chi connectivity index (χ0n) is 17.3. The first-order valence-electron chi connectivity index (χ1n) is 9.82. The molecule has 2 aromatic carbocycles. The number of nitrogens with zero attached hydrogens (tertiary/aromatic N) is 6. The molecule has 4 rings (SSSR count). The number of para-hydroxylation sites is 2. The van der Waals surface area contributed by atoms with Gasteiger partial charge >= 0.3 is 0 Å². The zero-order valence-corrected chi connectivity index (χ0v) is 18.1. The number of carbonyl (C=O) groups is 1. The minimum atomic E-state index is -0.0791. The number of hydrogen-bond donors (Lipinski definition) is 0. The molecule has 0 aliphatic carbocycles. The van der Waals surface area contributed by atoms with Gasteiger partial charge in [-0.1, -0.05) is 34.7 Å². The van der Waals surface area contributed by atoms with Crippen molar-refractivity contribution in [2.45, 2.75) is 13.5 Å².